The van der Waals surface area contributed by atoms with E-state index in [-0.39, 0.29) is 5.91 Å². The summed E-state index contributed by atoms with van der Waals surface area (Å²) in [7, 11) is 0. The molecule has 2 rings (SSSR count). The number of hydrazine groups is 1. The van der Waals surface area contributed by atoms with Crippen LogP contribution in [0.2, 0.25) is 0 Å². The van der Waals surface area contributed by atoms with Crippen LogP contribution < -0.4 is 10.4 Å². The Bertz CT molecular complexity index is 477. The Balaban J connectivity index is 2.26. The molecule has 0 saturated heterocycles. The molecule has 0 aliphatic rings. The lowest BCUT2D eigenvalue weighted by molar-refractivity contribution is -0.120. The zero-order valence-electron chi connectivity index (χ0n) is 10.5. The van der Waals surface area contributed by atoms with Crippen LogP contribution in [0.25, 0.3) is 0 Å². The molecule has 4 heteroatoms. The number of rotatable bonds is 5. The first kappa shape index (κ1) is 13.5. The van der Waals surface area contributed by atoms with Crippen LogP contribution in [0.4, 0.5) is 11.4 Å². The molecule has 0 aliphatic heterocycles. The summed E-state index contributed by atoms with van der Waals surface area (Å²) in [4.78, 5) is 11.8. The number of thiol groups is 1. The third-order valence-corrected chi connectivity index (χ3v) is 2.83. The van der Waals surface area contributed by atoms with E-state index in [0.29, 0.717) is 12.2 Å². The van der Waals surface area contributed by atoms with E-state index in [0.717, 1.165) is 11.4 Å². The highest BCUT2D eigenvalue weighted by atomic mass is 32.1. The number of nitrogens with zero attached hydrogens (tertiary/aromatic N) is 1. The first-order valence-electron chi connectivity index (χ1n) is 6.12. The summed E-state index contributed by atoms with van der Waals surface area (Å²) in [5, 5.41) is 1.78. The van der Waals surface area contributed by atoms with Gasteiger partial charge in [-0.3, -0.25) is 15.2 Å². The third-order valence-electron chi connectivity index (χ3n) is 2.60. The lowest BCUT2D eigenvalue weighted by Gasteiger charge is -2.25. The highest BCUT2D eigenvalue weighted by Crippen LogP contribution is 2.22. The van der Waals surface area contributed by atoms with Gasteiger partial charge < -0.3 is 0 Å². The summed E-state index contributed by atoms with van der Waals surface area (Å²) in [6, 6.07) is 19.5. The van der Waals surface area contributed by atoms with Gasteiger partial charge >= 0.3 is 0 Å². The Kier molecular flexibility index (Phi) is 4.86. The number of carbonyl (C=O) groups excluding carboxylic acids is 1. The van der Waals surface area contributed by atoms with Crippen LogP contribution in [-0.4, -0.2) is 11.7 Å². The van der Waals surface area contributed by atoms with Crippen molar-refractivity contribution in [2.75, 3.05) is 10.8 Å². The molecule has 0 fully saturated rings. The molecule has 0 aliphatic carbocycles. The van der Waals surface area contributed by atoms with Crippen molar-refractivity contribution >= 4 is 29.9 Å². The minimum absolute atomic E-state index is 0.0530. The fourth-order valence-electron chi connectivity index (χ4n) is 1.71. The lowest BCUT2D eigenvalue weighted by Crippen LogP contribution is -2.38. The minimum Gasteiger partial charge on any atom is -0.273 e. The summed E-state index contributed by atoms with van der Waals surface area (Å²) in [6.07, 6.45) is 0.388. The zero-order valence-corrected chi connectivity index (χ0v) is 11.4. The average Bonchev–Trinajstić information content (AvgIpc) is 2.47. The number of nitrogens with one attached hydrogen (secondary N) is 1. The molecule has 98 valence electrons. The molecule has 0 saturated carbocycles. The molecule has 0 radical (unpaired) electrons. The second kappa shape index (κ2) is 6.85. The molecule has 0 spiro atoms. The Morgan fingerprint density at radius 3 is 1.84 bits per heavy atom. The van der Waals surface area contributed by atoms with Gasteiger partial charge in [-0.1, -0.05) is 36.4 Å². The maximum Gasteiger partial charge on any atom is 0.239 e. The quantitative estimate of drug-likeness (QED) is 0.647. The molecular formula is C15H16N2OS. The van der Waals surface area contributed by atoms with Crippen molar-refractivity contribution in [3.05, 3.63) is 60.7 Å². The van der Waals surface area contributed by atoms with Crippen LogP contribution in [-0.2, 0) is 4.79 Å². The smallest absolute Gasteiger partial charge is 0.239 e. The van der Waals surface area contributed by atoms with Gasteiger partial charge in [0.2, 0.25) is 5.91 Å². The highest BCUT2D eigenvalue weighted by Gasteiger charge is 2.11. The second-order valence-corrected chi connectivity index (χ2v) is 4.46. The molecule has 0 aromatic heterocycles. The van der Waals surface area contributed by atoms with Gasteiger partial charge in [0.15, 0.2) is 0 Å². The van der Waals surface area contributed by atoms with Gasteiger partial charge in [-0.2, -0.15) is 12.6 Å². The lowest BCUT2D eigenvalue weighted by atomic mass is 10.2. The summed E-state index contributed by atoms with van der Waals surface area (Å²) in [5.41, 5.74) is 4.73. The number of carbonyl (C=O) groups is 1. The van der Waals surface area contributed by atoms with Crippen molar-refractivity contribution < 1.29 is 4.79 Å². The molecule has 0 atom stereocenters. The monoisotopic (exact) mass is 272 g/mol. The largest absolute Gasteiger partial charge is 0.273 e. The first-order valence-corrected chi connectivity index (χ1v) is 6.75. The molecule has 2 aromatic rings. The summed E-state index contributed by atoms with van der Waals surface area (Å²) >= 11 is 4.08. The SMILES string of the molecule is O=C(CCS)NN(c1ccccc1)c1ccccc1. The van der Waals surface area contributed by atoms with Gasteiger partial charge in [0.1, 0.15) is 0 Å². The van der Waals surface area contributed by atoms with Gasteiger partial charge in [-0.25, -0.2) is 0 Å². The number of hydrogen-bond donors (Lipinski definition) is 2. The van der Waals surface area contributed by atoms with E-state index < -0.39 is 0 Å². The maximum absolute atomic E-state index is 11.8. The van der Waals surface area contributed by atoms with E-state index in [1.165, 1.54) is 0 Å². The molecular weight excluding hydrogens is 256 g/mol. The normalized spacial score (nSPS) is 9.95. The maximum atomic E-state index is 11.8. The van der Waals surface area contributed by atoms with Gasteiger partial charge in [0, 0.05) is 6.42 Å². The fraction of sp³-hybridized carbons (Fsp3) is 0.133. The highest BCUT2D eigenvalue weighted by molar-refractivity contribution is 7.80. The van der Waals surface area contributed by atoms with Crippen molar-refractivity contribution in [1.82, 2.24) is 5.43 Å². The van der Waals surface area contributed by atoms with E-state index in [1.807, 2.05) is 60.7 Å². The molecule has 2 aromatic carbocycles. The van der Waals surface area contributed by atoms with Crippen LogP contribution in [0.5, 0.6) is 0 Å². The Labute approximate surface area is 118 Å². The first-order chi connectivity index (χ1) is 9.31. The predicted octanol–water partition coefficient (Wildman–Crippen LogP) is 3.18. The summed E-state index contributed by atoms with van der Waals surface area (Å²) < 4.78 is 0. The van der Waals surface area contributed by atoms with Crippen molar-refractivity contribution in [3.63, 3.8) is 0 Å². The van der Waals surface area contributed by atoms with E-state index in [2.05, 4.69) is 18.1 Å². The van der Waals surface area contributed by atoms with E-state index in [4.69, 9.17) is 0 Å². The van der Waals surface area contributed by atoms with Crippen molar-refractivity contribution in [3.8, 4) is 0 Å². The Morgan fingerprint density at radius 2 is 1.42 bits per heavy atom. The minimum atomic E-state index is -0.0530. The molecule has 19 heavy (non-hydrogen) atoms. The van der Waals surface area contributed by atoms with Crippen LogP contribution in [0.15, 0.2) is 60.7 Å². The molecule has 0 unspecified atom stereocenters. The zero-order chi connectivity index (χ0) is 13.5. The van der Waals surface area contributed by atoms with Crippen LogP contribution in [0, 0.1) is 0 Å². The number of amides is 1. The standard InChI is InChI=1S/C15H16N2OS/c18-15(11-12-19)16-17(13-7-3-1-4-8-13)14-9-5-2-6-10-14/h1-10,19H,11-12H2,(H,16,18). The van der Waals surface area contributed by atoms with E-state index in [9.17, 15) is 4.79 Å². The summed E-state index contributed by atoms with van der Waals surface area (Å²) in [6.45, 7) is 0. The number of hydrogen-bond acceptors (Lipinski definition) is 3. The van der Waals surface area contributed by atoms with Crippen molar-refractivity contribution in [2.24, 2.45) is 0 Å². The van der Waals surface area contributed by atoms with Gasteiger partial charge in [-0.15, -0.1) is 0 Å². The fourth-order valence-corrected chi connectivity index (χ4v) is 1.92. The molecule has 3 nitrogen and oxygen atoms in total. The van der Waals surface area contributed by atoms with E-state index >= 15 is 0 Å². The van der Waals surface area contributed by atoms with Crippen LogP contribution >= 0.6 is 12.6 Å². The van der Waals surface area contributed by atoms with Gasteiger partial charge in [0.25, 0.3) is 0 Å². The van der Waals surface area contributed by atoms with Crippen LogP contribution in [0.3, 0.4) is 0 Å². The number of para-hydroxylation sites is 2. The second-order valence-electron chi connectivity index (χ2n) is 4.02. The number of anilines is 2. The average molecular weight is 272 g/mol. The van der Waals surface area contributed by atoms with Crippen LogP contribution in [0.1, 0.15) is 6.42 Å². The third kappa shape index (κ3) is 3.76. The predicted molar refractivity (Wildman–Crippen MR) is 81.6 cm³/mol. The Morgan fingerprint density at radius 1 is 0.947 bits per heavy atom. The van der Waals surface area contributed by atoms with Crippen molar-refractivity contribution in [2.45, 2.75) is 6.42 Å². The van der Waals surface area contributed by atoms with Gasteiger partial charge in [0.05, 0.1) is 11.4 Å². The molecule has 1 amide bonds. The topological polar surface area (TPSA) is 32.3 Å². The Hall–Kier alpha value is -1.94. The molecule has 0 bridgehead atoms. The van der Waals surface area contributed by atoms with Gasteiger partial charge in [-0.05, 0) is 30.0 Å². The summed E-state index contributed by atoms with van der Waals surface area (Å²) in [5.74, 6) is 0.478. The van der Waals surface area contributed by atoms with Crippen molar-refractivity contribution in [1.29, 1.82) is 0 Å². The number of benzene rings is 2. The molecule has 0 heterocycles. The van der Waals surface area contributed by atoms with E-state index in [1.54, 1.807) is 5.01 Å². The molecule has 1 N–H and O–H groups in total.